The molecule has 1 aromatic rings. The van der Waals surface area contributed by atoms with Gasteiger partial charge in [0.05, 0.1) is 18.9 Å². The molecule has 2 aliphatic carbocycles. The normalized spacial score (nSPS) is 45.0. The summed E-state index contributed by atoms with van der Waals surface area (Å²) in [5.74, 6) is -4.07. The summed E-state index contributed by atoms with van der Waals surface area (Å²) in [6, 6.07) is 1.71. The van der Waals surface area contributed by atoms with Crippen molar-refractivity contribution in [3.05, 3.63) is 24.2 Å². The molecule has 1 aromatic heterocycles. The molecule has 0 bridgehead atoms. The molecular weight excluding hydrogens is 576 g/mol. The monoisotopic (exact) mass is 616 g/mol. The number of carbonyl (C=O) groups is 5. The van der Waals surface area contributed by atoms with Crippen LogP contribution in [0.15, 0.2) is 23.0 Å². The fourth-order valence-electron chi connectivity index (χ4n) is 10.3. The highest BCUT2D eigenvalue weighted by Gasteiger charge is 2.90. The van der Waals surface area contributed by atoms with Crippen molar-refractivity contribution < 1.29 is 56.8 Å². The number of epoxide rings is 1. The van der Waals surface area contributed by atoms with E-state index in [2.05, 4.69) is 0 Å². The smallest absolute Gasteiger partial charge is 0.339 e. The summed E-state index contributed by atoms with van der Waals surface area (Å²) in [5, 5.41) is 0. The lowest BCUT2D eigenvalue weighted by atomic mass is 9.35. The van der Waals surface area contributed by atoms with Gasteiger partial charge < -0.3 is 32.8 Å². The Labute approximate surface area is 255 Å². The molecule has 0 N–H and O–H groups in total. The Morgan fingerprint density at radius 3 is 2.11 bits per heavy atom. The topological polar surface area (TPSA) is 157 Å². The van der Waals surface area contributed by atoms with Crippen molar-refractivity contribution in [1.29, 1.82) is 0 Å². The first-order valence-electron chi connectivity index (χ1n) is 15.1. The van der Waals surface area contributed by atoms with Gasteiger partial charge >= 0.3 is 29.8 Å². The van der Waals surface area contributed by atoms with Crippen LogP contribution < -0.4 is 0 Å². The lowest BCUT2D eigenvalue weighted by Gasteiger charge is -2.69. The Hall–Kier alpha value is -3.41. The van der Waals surface area contributed by atoms with Crippen LogP contribution in [0.25, 0.3) is 0 Å². The lowest BCUT2D eigenvalue weighted by Crippen LogP contribution is -2.77. The predicted molar refractivity (Wildman–Crippen MR) is 147 cm³/mol. The zero-order valence-electron chi connectivity index (χ0n) is 26.3. The summed E-state index contributed by atoms with van der Waals surface area (Å²) < 4.78 is 42.2. The number of ether oxygens (including phenoxy) is 6. The summed E-state index contributed by atoms with van der Waals surface area (Å²) in [6.07, 6.45) is -1.44. The Morgan fingerprint density at radius 1 is 0.886 bits per heavy atom. The molecule has 2 saturated carbocycles. The highest BCUT2D eigenvalue weighted by molar-refractivity contribution is 5.83. The Morgan fingerprint density at radius 2 is 1.52 bits per heavy atom. The Balaban J connectivity index is 1.65. The van der Waals surface area contributed by atoms with Gasteiger partial charge in [0.25, 0.3) is 0 Å². The van der Waals surface area contributed by atoms with Crippen molar-refractivity contribution in [2.75, 3.05) is 0 Å². The molecule has 11 atom stereocenters. The molecule has 12 heteroatoms. The van der Waals surface area contributed by atoms with Gasteiger partial charge in [-0.15, -0.1) is 0 Å². The average Bonchev–Trinajstić information content (AvgIpc) is 3.47. The highest BCUT2D eigenvalue weighted by atomic mass is 16.7. The summed E-state index contributed by atoms with van der Waals surface area (Å²) in [4.78, 5) is 65.0. The van der Waals surface area contributed by atoms with Gasteiger partial charge in [-0.1, -0.05) is 20.8 Å². The van der Waals surface area contributed by atoms with Crippen LogP contribution in [0.4, 0.5) is 0 Å². The van der Waals surface area contributed by atoms with Crippen molar-refractivity contribution in [3.8, 4) is 0 Å². The van der Waals surface area contributed by atoms with Gasteiger partial charge in [-0.05, 0) is 32.8 Å². The third-order valence-corrected chi connectivity index (χ3v) is 11.5. The molecule has 4 heterocycles. The first-order chi connectivity index (χ1) is 20.4. The van der Waals surface area contributed by atoms with Crippen molar-refractivity contribution in [2.24, 2.45) is 28.1 Å². The van der Waals surface area contributed by atoms with E-state index in [-0.39, 0.29) is 19.3 Å². The zero-order valence-corrected chi connectivity index (χ0v) is 26.3. The molecular formula is C32H40O12. The Bertz CT molecular complexity index is 1420. The minimum atomic E-state index is -1.26. The largest absolute Gasteiger partial charge is 0.472 e. The lowest BCUT2D eigenvalue weighted by molar-refractivity contribution is -0.303. The third kappa shape index (κ3) is 3.88. The van der Waals surface area contributed by atoms with E-state index in [4.69, 9.17) is 32.8 Å². The maximum atomic E-state index is 13.6. The summed E-state index contributed by atoms with van der Waals surface area (Å²) in [6.45, 7) is 13.2. The molecule has 0 radical (unpaired) electrons. The molecule has 1 spiro atoms. The van der Waals surface area contributed by atoms with Gasteiger partial charge in [0.15, 0.2) is 6.10 Å². The highest BCUT2D eigenvalue weighted by Crippen LogP contribution is 2.80. The number of cyclic esters (lactones) is 2. The zero-order chi connectivity index (χ0) is 32.2. The van der Waals surface area contributed by atoms with E-state index in [9.17, 15) is 24.0 Å². The van der Waals surface area contributed by atoms with Gasteiger partial charge in [-0.25, -0.2) is 4.79 Å². The number of hydrogen-bond acceptors (Lipinski definition) is 12. The van der Waals surface area contributed by atoms with Gasteiger partial charge in [0, 0.05) is 54.4 Å². The second kappa shape index (κ2) is 9.55. The number of hydrogen-bond donors (Lipinski definition) is 0. The first kappa shape index (κ1) is 30.6. The number of esters is 5. The van der Waals surface area contributed by atoms with E-state index in [0.29, 0.717) is 5.56 Å². The van der Waals surface area contributed by atoms with E-state index >= 15 is 0 Å². The van der Waals surface area contributed by atoms with Crippen LogP contribution in [0.2, 0.25) is 0 Å². The quantitative estimate of drug-likeness (QED) is 0.275. The maximum absolute atomic E-state index is 13.6. The molecule has 0 amide bonds. The van der Waals surface area contributed by atoms with E-state index in [1.807, 2.05) is 20.8 Å². The molecule has 6 rings (SSSR count). The third-order valence-electron chi connectivity index (χ3n) is 11.5. The van der Waals surface area contributed by atoms with E-state index in [1.165, 1.54) is 33.3 Å². The van der Waals surface area contributed by atoms with Gasteiger partial charge in [-0.3, -0.25) is 19.2 Å². The van der Waals surface area contributed by atoms with Crippen LogP contribution in [0, 0.1) is 28.1 Å². The minimum absolute atomic E-state index is 0.184. The number of fused-ring (bicyclic) bond motifs is 3. The van der Waals surface area contributed by atoms with Crippen LogP contribution in [0.5, 0.6) is 0 Å². The first-order valence-corrected chi connectivity index (χ1v) is 15.1. The van der Waals surface area contributed by atoms with Crippen molar-refractivity contribution >= 4 is 29.8 Å². The summed E-state index contributed by atoms with van der Waals surface area (Å²) >= 11 is 0. The van der Waals surface area contributed by atoms with E-state index in [1.54, 1.807) is 19.9 Å². The average molecular weight is 617 g/mol. The van der Waals surface area contributed by atoms with Crippen LogP contribution in [-0.2, 0) is 52.4 Å². The van der Waals surface area contributed by atoms with Crippen LogP contribution >= 0.6 is 0 Å². The van der Waals surface area contributed by atoms with Gasteiger partial charge in [0.1, 0.15) is 35.6 Å². The van der Waals surface area contributed by atoms with Crippen LogP contribution in [0.3, 0.4) is 0 Å². The second-order valence-electron chi connectivity index (χ2n) is 14.3. The summed E-state index contributed by atoms with van der Waals surface area (Å²) in [5.41, 5.74) is -5.06. The van der Waals surface area contributed by atoms with Crippen LogP contribution in [0.1, 0.15) is 86.3 Å². The fourth-order valence-corrected chi connectivity index (χ4v) is 10.3. The molecule has 0 unspecified atom stereocenters. The standard InChI is InChI=1S/C32H40O12/c1-15(33)39-19-13-29(6)25(18-9-10-38-14-18)42-27(37)26-32(29,44-26)31(8)22(41-17(3)35)11-20-28(4,5)43-23(36)12-21(40-16(2)34)30(20,7)24(19)31/h9-10,14,19-22,24-26H,11-13H2,1-8H3/t19-,20+,21+,22-,24-,25+,26-,29+,30-,31-,32-/m1/s1. The second-order valence-corrected chi connectivity index (χ2v) is 14.3. The molecule has 0 aromatic carbocycles. The Kier molecular flexibility index (Phi) is 6.64. The van der Waals surface area contributed by atoms with E-state index in [0.717, 1.165) is 0 Å². The number of carbonyl (C=O) groups excluding carboxylic acids is 5. The van der Waals surface area contributed by atoms with Crippen molar-refractivity contribution in [3.63, 3.8) is 0 Å². The molecule has 240 valence electrons. The summed E-state index contributed by atoms with van der Waals surface area (Å²) in [7, 11) is 0. The molecule has 3 saturated heterocycles. The minimum Gasteiger partial charge on any atom is -0.472 e. The predicted octanol–water partition coefficient (Wildman–Crippen LogP) is 3.59. The van der Waals surface area contributed by atoms with Crippen LogP contribution in [-0.4, -0.2) is 65.5 Å². The van der Waals surface area contributed by atoms with E-state index < -0.39 is 99.6 Å². The fraction of sp³-hybridized carbons (Fsp3) is 0.719. The van der Waals surface area contributed by atoms with Gasteiger partial charge in [0.2, 0.25) is 0 Å². The van der Waals surface area contributed by atoms with Crippen molar-refractivity contribution in [2.45, 2.75) is 116 Å². The molecule has 5 aliphatic rings. The maximum Gasteiger partial charge on any atom is 0.339 e. The molecule has 12 nitrogen and oxygen atoms in total. The molecule has 44 heavy (non-hydrogen) atoms. The number of furan rings is 1. The molecule has 5 fully saturated rings. The molecule has 3 aliphatic heterocycles. The van der Waals surface area contributed by atoms with Crippen molar-refractivity contribution in [1.82, 2.24) is 0 Å². The SMILES string of the molecule is CC(=O)O[C@H]1CC(=O)OC(C)(C)[C@@H]2C[C@@H](OC(C)=O)[C@]3(C)[C@H]([C@H](OC(C)=O)C[C@@]4(C)[C@H](c5ccoc5)OC(=O)[C@H]5O[C@@]534)[C@@]12C. The van der Waals surface area contributed by atoms with Gasteiger partial charge in [-0.2, -0.15) is 0 Å². The number of rotatable bonds is 4.